The molecule has 1 N–H and O–H groups in total. The number of nitrogens with zero attached hydrogens (tertiary/aromatic N) is 2. The molecule has 1 aliphatic heterocycles. The van der Waals surface area contributed by atoms with Crippen LogP contribution in [0.4, 0.5) is 0 Å². The van der Waals surface area contributed by atoms with Crippen molar-refractivity contribution in [3.05, 3.63) is 36.0 Å². The second-order valence-corrected chi connectivity index (χ2v) is 7.52. The first-order chi connectivity index (χ1) is 12.3. The molecular formula is C21H29N3O. The van der Waals surface area contributed by atoms with Gasteiger partial charge in [-0.05, 0) is 63.0 Å². The number of carbonyl (C=O) groups is 1. The Morgan fingerprint density at radius 1 is 1.24 bits per heavy atom. The maximum Gasteiger partial charge on any atom is 0.236 e. The first-order valence-electron chi connectivity index (χ1n) is 9.86. The van der Waals surface area contributed by atoms with Gasteiger partial charge in [-0.3, -0.25) is 4.79 Å². The van der Waals surface area contributed by atoms with Gasteiger partial charge in [-0.1, -0.05) is 18.2 Å². The molecule has 4 heteroatoms. The number of para-hydroxylation sites is 1. The summed E-state index contributed by atoms with van der Waals surface area (Å²) in [6, 6.07) is 12.0. The summed E-state index contributed by atoms with van der Waals surface area (Å²) >= 11 is 0. The van der Waals surface area contributed by atoms with Crippen molar-refractivity contribution >= 4 is 16.8 Å². The quantitative estimate of drug-likeness (QED) is 0.840. The van der Waals surface area contributed by atoms with E-state index >= 15 is 0 Å². The molecule has 4 nitrogen and oxygen atoms in total. The second kappa shape index (κ2) is 7.20. The predicted octanol–water partition coefficient (Wildman–Crippen LogP) is 3.34. The van der Waals surface area contributed by atoms with Gasteiger partial charge in [-0.25, -0.2) is 0 Å². The minimum atomic E-state index is 0.297. The van der Waals surface area contributed by atoms with Crippen LogP contribution in [0.5, 0.6) is 0 Å². The predicted molar refractivity (Wildman–Crippen MR) is 102 cm³/mol. The summed E-state index contributed by atoms with van der Waals surface area (Å²) in [5.41, 5.74) is 2.73. The number of hydrogen-bond acceptors (Lipinski definition) is 2. The first kappa shape index (κ1) is 16.6. The lowest BCUT2D eigenvalue weighted by Crippen LogP contribution is -2.41. The summed E-state index contributed by atoms with van der Waals surface area (Å²) in [5, 5.41) is 4.69. The Labute approximate surface area is 150 Å². The third-order valence-electron chi connectivity index (χ3n) is 5.76. The Kier molecular flexibility index (Phi) is 4.80. The molecule has 2 fully saturated rings. The Morgan fingerprint density at radius 3 is 2.88 bits per heavy atom. The summed E-state index contributed by atoms with van der Waals surface area (Å²) < 4.78 is 2.42. The Bertz CT molecular complexity index is 747. The number of nitrogens with one attached hydrogen (secondary N) is 1. The lowest BCUT2D eigenvalue weighted by Gasteiger charge is -2.25. The highest BCUT2D eigenvalue weighted by atomic mass is 16.2. The smallest absolute Gasteiger partial charge is 0.236 e. The Balaban J connectivity index is 1.40. The third kappa shape index (κ3) is 3.59. The standard InChI is InChI=1S/C21H29N3O/c1-2-23-19(14-16-6-3-4-8-20(16)23)12-11-18-7-5-13-24(18)21(25)15-22-17-9-10-17/h3-4,6,8,14,17-18,22H,2,5,7,9-13,15H2,1H3. The molecule has 4 rings (SSSR count). The van der Waals surface area contributed by atoms with Gasteiger partial charge in [-0.2, -0.15) is 0 Å². The zero-order valence-electron chi connectivity index (χ0n) is 15.2. The summed E-state index contributed by atoms with van der Waals surface area (Å²) in [7, 11) is 0. The SMILES string of the molecule is CCn1c(CCC2CCCN2C(=O)CNC2CC2)cc2ccccc21. The number of aryl methyl sites for hydroxylation is 2. The van der Waals surface area contributed by atoms with E-state index in [0.29, 0.717) is 24.5 Å². The molecule has 1 atom stereocenters. The fraction of sp³-hybridized carbons (Fsp3) is 0.571. The normalized spacial score (nSPS) is 20.5. The summed E-state index contributed by atoms with van der Waals surface area (Å²) in [6.07, 6.45) is 6.90. The van der Waals surface area contributed by atoms with Crippen LogP contribution in [-0.2, 0) is 17.8 Å². The van der Waals surface area contributed by atoms with Crippen LogP contribution in [-0.4, -0.2) is 40.5 Å². The highest BCUT2D eigenvalue weighted by Crippen LogP contribution is 2.25. The second-order valence-electron chi connectivity index (χ2n) is 7.52. The topological polar surface area (TPSA) is 37.3 Å². The van der Waals surface area contributed by atoms with Gasteiger partial charge < -0.3 is 14.8 Å². The lowest BCUT2D eigenvalue weighted by atomic mass is 10.1. The Morgan fingerprint density at radius 2 is 2.08 bits per heavy atom. The van der Waals surface area contributed by atoms with E-state index in [1.54, 1.807) is 0 Å². The van der Waals surface area contributed by atoms with Crippen LogP contribution in [0.3, 0.4) is 0 Å². The molecule has 1 amide bonds. The molecule has 1 unspecified atom stereocenters. The average Bonchev–Trinajstić information content (AvgIpc) is 3.22. The number of rotatable bonds is 7. The van der Waals surface area contributed by atoms with Gasteiger partial charge in [0.2, 0.25) is 5.91 Å². The van der Waals surface area contributed by atoms with Crippen LogP contribution in [0, 0.1) is 0 Å². The van der Waals surface area contributed by atoms with E-state index in [2.05, 4.69) is 52.0 Å². The molecule has 2 aliphatic rings. The van der Waals surface area contributed by atoms with Crippen molar-refractivity contribution in [2.24, 2.45) is 0 Å². The summed E-state index contributed by atoms with van der Waals surface area (Å²) in [5.74, 6) is 0.297. The number of carbonyl (C=O) groups excluding carboxylic acids is 1. The van der Waals surface area contributed by atoms with E-state index in [4.69, 9.17) is 0 Å². The van der Waals surface area contributed by atoms with Gasteiger partial charge in [0.1, 0.15) is 0 Å². The zero-order valence-corrected chi connectivity index (χ0v) is 15.2. The van der Waals surface area contributed by atoms with Crippen molar-refractivity contribution in [3.63, 3.8) is 0 Å². The zero-order chi connectivity index (χ0) is 17.2. The van der Waals surface area contributed by atoms with Crippen molar-refractivity contribution in [3.8, 4) is 0 Å². The molecule has 0 bridgehead atoms. The van der Waals surface area contributed by atoms with Crippen LogP contribution < -0.4 is 5.32 Å². The van der Waals surface area contributed by atoms with E-state index in [1.807, 2.05) is 0 Å². The van der Waals surface area contributed by atoms with Crippen molar-refractivity contribution in [2.75, 3.05) is 13.1 Å². The number of aromatic nitrogens is 1. The van der Waals surface area contributed by atoms with Crippen LogP contribution in [0.1, 0.15) is 44.7 Å². The summed E-state index contributed by atoms with van der Waals surface area (Å²) in [4.78, 5) is 14.7. The highest BCUT2D eigenvalue weighted by molar-refractivity contribution is 5.81. The van der Waals surface area contributed by atoms with E-state index in [9.17, 15) is 4.79 Å². The van der Waals surface area contributed by atoms with Gasteiger partial charge in [-0.15, -0.1) is 0 Å². The molecule has 2 aromatic rings. The number of benzene rings is 1. The molecule has 1 saturated carbocycles. The minimum absolute atomic E-state index is 0.297. The molecule has 2 heterocycles. The van der Waals surface area contributed by atoms with Gasteiger partial charge >= 0.3 is 0 Å². The van der Waals surface area contributed by atoms with E-state index < -0.39 is 0 Å². The van der Waals surface area contributed by atoms with Gasteiger partial charge in [0.05, 0.1) is 6.54 Å². The molecule has 25 heavy (non-hydrogen) atoms. The van der Waals surface area contributed by atoms with Crippen LogP contribution in [0.25, 0.3) is 10.9 Å². The van der Waals surface area contributed by atoms with Crippen LogP contribution in [0.2, 0.25) is 0 Å². The number of likely N-dealkylation sites (tertiary alicyclic amines) is 1. The number of amides is 1. The molecule has 1 aromatic heterocycles. The lowest BCUT2D eigenvalue weighted by molar-refractivity contribution is -0.131. The van der Waals surface area contributed by atoms with Crippen LogP contribution in [0.15, 0.2) is 30.3 Å². The van der Waals surface area contributed by atoms with Crippen molar-refractivity contribution in [1.82, 2.24) is 14.8 Å². The maximum atomic E-state index is 12.5. The number of hydrogen-bond donors (Lipinski definition) is 1. The highest BCUT2D eigenvalue weighted by Gasteiger charge is 2.30. The molecule has 1 aliphatic carbocycles. The molecule has 134 valence electrons. The molecule has 1 aromatic carbocycles. The molecular weight excluding hydrogens is 310 g/mol. The molecule has 0 radical (unpaired) electrons. The fourth-order valence-corrected chi connectivity index (χ4v) is 4.25. The first-order valence-corrected chi connectivity index (χ1v) is 9.86. The van der Waals surface area contributed by atoms with Crippen molar-refractivity contribution in [1.29, 1.82) is 0 Å². The average molecular weight is 339 g/mol. The van der Waals surface area contributed by atoms with Gasteiger partial charge in [0.25, 0.3) is 0 Å². The van der Waals surface area contributed by atoms with Gasteiger partial charge in [0.15, 0.2) is 0 Å². The maximum absolute atomic E-state index is 12.5. The minimum Gasteiger partial charge on any atom is -0.345 e. The van der Waals surface area contributed by atoms with Crippen molar-refractivity contribution < 1.29 is 4.79 Å². The van der Waals surface area contributed by atoms with E-state index in [-0.39, 0.29) is 0 Å². The van der Waals surface area contributed by atoms with Crippen molar-refractivity contribution in [2.45, 2.75) is 64.1 Å². The molecule has 1 saturated heterocycles. The monoisotopic (exact) mass is 339 g/mol. The largest absolute Gasteiger partial charge is 0.345 e. The van der Waals surface area contributed by atoms with E-state index in [1.165, 1.54) is 29.4 Å². The fourth-order valence-electron chi connectivity index (χ4n) is 4.25. The number of fused-ring (bicyclic) bond motifs is 1. The Hall–Kier alpha value is -1.81. The van der Waals surface area contributed by atoms with E-state index in [0.717, 1.165) is 38.8 Å². The third-order valence-corrected chi connectivity index (χ3v) is 5.76. The van der Waals surface area contributed by atoms with Gasteiger partial charge in [0, 0.05) is 36.4 Å². The summed E-state index contributed by atoms with van der Waals surface area (Å²) in [6.45, 7) is 4.68. The molecule has 0 spiro atoms. The van der Waals surface area contributed by atoms with Crippen LogP contribution >= 0.6 is 0 Å².